The molecular weight excluding hydrogens is 399 g/mol. The number of nitrogens with zero attached hydrogens (tertiary/aromatic N) is 3. The fourth-order valence-electron chi connectivity index (χ4n) is 3.08. The molecule has 4 rings (SSSR count). The Kier molecular flexibility index (Phi) is 5.44. The number of fused-ring (bicyclic) bond motifs is 1. The van der Waals surface area contributed by atoms with E-state index in [1.54, 1.807) is 42.5 Å². The molecule has 0 aliphatic rings. The van der Waals surface area contributed by atoms with Crippen LogP contribution in [0.3, 0.4) is 0 Å². The predicted molar refractivity (Wildman–Crippen MR) is 115 cm³/mol. The highest BCUT2D eigenvalue weighted by Gasteiger charge is 2.14. The normalized spacial score (nSPS) is 11.0. The molecule has 0 aliphatic heterocycles. The maximum atomic E-state index is 13.3. The van der Waals surface area contributed by atoms with Gasteiger partial charge in [0.1, 0.15) is 5.82 Å². The maximum absolute atomic E-state index is 13.3. The van der Waals surface area contributed by atoms with Gasteiger partial charge >= 0.3 is 0 Å². The molecule has 0 spiro atoms. The van der Waals surface area contributed by atoms with E-state index in [0.717, 1.165) is 0 Å². The summed E-state index contributed by atoms with van der Waals surface area (Å²) in [6.45, 7) is 0. The van der Waals surface area contributed by atoms with Crippen molar-refractivity contribution in [3.8, 4) is 11.3 Å². The van der Waals surface area contributed by atoms with Crippen LogP contribution in [-0.4, -0.2) is 22.0 Å². The van der Waals surface area contributed by atoms with Gasteiger partial charge in [0.2, 0.25) is 0 Å². The molecule has 3 aromatic carbocycles. The molecule has 0 aliphatic carbocycles. The summed E-state index contributed by atoms with van der Waals surface area (Å²) in [5.74, 6) is -0.832. The van der Waals surface area contributed by atoms with E-state index in [4.69, 9.17) is 0 Å². The van der Waals surface area contributed by atoms with Crippen LogP contribution in [0.15, 0.2) is 84.0 Å². The van der Waals surface area contributed by atoms with Crippen LogP contribution in [0.2, 0.25) is 0 Å². The molecule has 7 nitrogen and oxygen atoms in total. The van der Waals surface area contributed by atoms with Gasteiger partial charge in [0.25, 0.3) is 11.6 Å². The molecule has 1 aromatic heterocycles. The monoisotopic (exact) mass is 414 g/mol. The summed E-state index contributed by atoms with van der Waals surface area (Å²) in [4.78, 5) is 27.8. The fraction of sp³-hybridized carbons (Fsp3) is 0. The minimum atomic E-state index is -0.504. The second-order valence-electron chi connectivity index (χ2n) is 6.63. The van der Waals surface area contributed by atoms with Gasteiger partial charge in [0.15, 0.2) is 0 Å². The number of nitro benzene ring substituents is 1. The minimum Gasteiger partial charge on any atom is -0.267 e. The van der Waals surface area contributed by atoms with Crippen LogP contribution in [0.25, 0.3) is 22.2 Å². The molecule has 1 heterocycles. The Bertz CT molecular complexity index is 1320. The summed E-state index contributed by atoms with van der Waals surface area (Å²) in [6.07, 6.45) is 1.33. The SMILES string of the molecule is O=C(N/N=C\c1cccc([N+](=O)[O-])c1)c1cc(-c2ccc(F)cc2)nc2ccccc12. The number of aromatic nitrogens is 1. The lowest BCUT2D eigenvalue weighted by molar-refractivity contribution is -0.384. The van der Waals surface area contributed by atoms with Crippen LogP contribution in [0.4, 0.5) is 10.1 Å². The number of hydrazone groups is 1. The molecule has 0 fully saturated rings. The summed E-state index contributed by atoms with van der Waals surface area (Å²) in [6, 6.07) is 20.5. The van der Waals surface area contributed by atoms with Gasteiger partial charge in [-0.15, -0.1) is 0 Å². The summed E-state index contributed by atoms with van der Waals surface area (Å²) in [7, 11) is 0. The van der Waals surface area contributed by atoms with Gasteiger partial charge in [-0.1, -0.05) is 30.3 Å². The second-order valence-corrected chi connectivity index (χ2v) is 6.63. The third kappa shape index (κ3) is 4.43. The van der Waals surface area contributed by atoms with Crippen molar-refractivity contribution in [2.45, 2.75) is 0 Å². The van der Waals surface area contributed by atoms with E-state index in [0.29, 0.717) is 33.3 Å². The number of non-ortho nitro benzene ring substituents is 1. The number of para-hydroxylation sites is 1. The van der Waals surface area contributed by atoms with E-state index in [-0.39, 0.29) is 11.5 Å². The van der Waals surface area contributed by atoms with E-state index in [2.05, 4.69) is 15.5 Å². The highest BCUT2D eigenvalue weighted by atomic mass is 19.1. The van der Waals surface area contributed by atoms with E-state index < -0.39 is 10.8 Å². The molecule has 8 heteroatoms. The minimum absolute atomic E-state index is 0.0701. The standard InChI is InChI=1S/C23H15FN4O3/c24-17-10-8-16(9-11-17)22-13-20(19-6-1-2-7-21(19)26-22)23(29)27-25-14-15-4-3-5-18(12-15)28(30)31/h1-14H,(H,27,29)/b25-14-. The van der Waals surface area contributed by atoms with Crippen molar-refractivity contribution in [2.24, 2.45) is 5.10 Å². The molecule has 0 atom stereocenters. The Labute approximate surface area is 176 Å². The van der Waals surface area contributed by atoms with Gasteiger partial charge in [0, 0.05) is 28.6 Å². The zero-order chi connectivity index (χ0) is 21.8. The number of halogens is 1. The van der Waals surface area contributed by atoms with Crippen LogP contribution >= 0.6 is 0 Å². The first-order chi connectivity index (χ1) is 15.0. The van der Waals surface area contributed by atoms with Crippen molar-refractivity contribution in [1.82, 2.24) is 10.4 Å². The van der Waals surface area contributed by atoms with Crippen LogP contribution in [-0.2, 0) is 0 Å². The van der Waals surface area contributed by atoms with Crippen molar-refractivity contribution < 1.29 is 14.1 Å². The summed E-state index contributed by atoms with van der Waals surface area (Å²) in [5.41, 5.74) is 5.00. The van der Waals surface area contributed by atoms with Crippen molar-refractivity contribution in [2.75, 3.05) is 0 Å². The first-order valence-electron chi connectivity index (χ1n) is 9.25. The average Bonchev–Trinajstić information content (AvgIpc) is 2.79. The lowest BCUT2D eigenvalue weighted by atomic mass is 10.0. The molecule has 0 unspecified atom stereocenters. The summed E-state index contributed by atoms with van der Waals surface area (Å²) < 4.78 is 13.3. The van der Waals surface area contributed by atoms with Crippen LogP contribution in [0, 0.1) is 15.9 Å². The Balaban J connectivity index is 1.65. The molecule has 1 N–H and O–H groups in total. The van der Waals surface area contributed by atoms with E-state index >= 15 is 0 Å². The lowest BCUT2D eigenvalue weighted by Crippen LogP contribution is -2.18. The van der Waals surface area contributed by atoms with Gasteiger partial charge in [-0.3, -0.25) is 14.9 Å². The topological polar surface area (TPSA) is 97.5 Å². The lowest BCUT2D eigenvalue weighted by Gasteiger charge is -2.09. The van der Waals surface area contributed by atoms with Gasteiger partial charge < -0.3 is 0 Å². The highest BCUT2D eigenvalue weighted by molar-refractivity contribution is 6.07. The number of carbonyl (C=O) groups excluding carboxylic acids is 1. The zero-order valence-electron chi connectivity index (χ0n) is 16.0. The molecule has 0 saturated heterocycles. The quantitative estimate of drug-likeness (QED) is 0.290. The number of carbonyl (C=O) groups is 1. The third-order valence-corrected chi connectivity index (χ3v) is 4.56. The van der Waals surface area contributed by atoms with E-state index in [9.17, 15) is 19.3 Å². The number of hydrogen-bond donors (Lipinski definition) is 1. The molecule has 31 heavy (non-hydrogen) atoms. The Morgan fingerprint density at radius 2 is 1.81 bits per heavy atom. The maximum Gasteiger partial charge on any atom is 0.272 e. The van der Waals surface area contributed by atoms with Crippen molar-refractivity contribution in [3.05, 3.63) is 106 Å². The molecule has 1 amide bonds. The largest absolute Gasteiger partial charge is 0.272 e. The first-order valence-corrected chi connectivity index (χ1v) is 9.25. The van der Waals surface area contributed by atoms with Crippen molar-refractivity contribution in [3.63, 3.8) is 0 Å². The molecule has 152 valence electrons. The fourth-order valence-corrected chi connectivity index (χ4v) is 3.08. The molecular formula is C23H15FN4O3. The third-order valence-electron chi connectivity index (χ3n) is 4.56. The number of hydrogen-bond acceptors (Lipinski definition) is 5. The van der Waals surface area contributed by atoms with Crippen LogP contribution in [0.1, 0.15) is 15.9 Å². The number of benzene rings is 3. The zero-order valence-corrected chi connectivity index (χ0v) is 16.0. The summed E-state index contributed by atoms with van der Waals surface area (Å²) in [5, 5.41) is 15.4. The number of rotatable bonds is 5. The van der Waals surface area contributed by atoms with Gasteiger partial charge in [0.05, 0.1) is 27.9 Å². The highest BCUT2D eigenvalue weighted by Crippen LogP contribution is 2.25. The smallest absolute Gasteiger partial charge is 0.267 e. The predicted octanol–water partition coefficient (Wildman–Crippen LogP) is 4.71. The van der Waals surface area contributed by atoms with Crippen LogP contribution < -0.4 is 5.43 Å². The molecule has 0 saturated carbocycles. The van der Waals surface area contributed by atoms with Crippen LogP contribution in [0.5, 0.6) is 0 Å². The number of nitrogens with one attached hydrogen (secondary N) is 1. The molecule has 0 bridgehead atoms. The van der Waals surface area contributed by atoms with Crippen molar-refractivity contribution in [1.29, 1.82) is 0 Å². The number of nitro groups is 1. The van der Waals surface area contributed by atoms with Gasteiger partial charge in [-0.05, 0) is 36.4 Å². The van der Waals surface area contributed by atoms with Gasteiger partial charge in [-0.25, -0.2) is 14.8 Å². The Hall–Kier alpha value is -4.46. The Morgan fingerprint density at radius 3 is 2.58 bits per heavy atom. The first kappa shape index (κ1) is 19.8. The van der Waals surface area contributed by atoms with Gasteiger partial charge in [-0.2, -0.15) is 5.10 Å². The van der Waals surface area contributed by atoms with E-state index in [1.807, 2.05) is 6.07 Å². The van der Waals surface area contributed by atoms with E-state index in [1.165, 1.54) is 36.5 Å². The number of amides is 1. The molecule has 4 aromatic rings. The number of pyridine rings is 1. The second kappa shape index (κ2) is 8.50. The Morgan fingerprint density at radius 1 is 1.03 bits per heavy atom. The molecule has 0 radical (unpaired) electrons. The van der Waals surface area contributed by atoms with Crippen molar-refractivity contribution >= 4 is 28.7 Å². The summed E-state index contributed by atoms with van der Waals surface area (Å²) >= 11 is 0. The average molecular weight is 414 g/mol.